The van der Waals surface area contributed by atoms with Crippen LogP contribution in [0.3, 0.4) is 0 Å². The van der Waals surface area contributed by atoms with Crippen molar-refractivity contribution < 1.29 is 14.7 Å². The van der Waals surface area contributed by atoms with Crippen LogP contribution in [0.1, 0.15) is 53.3 Å². The van der Waals surface area contributed by atoms with E-state index in [1.165, 1.54) is 18.3 Å². The highest BCUT2D eigenvalue weighted by atomic mass is 32.1. The Bertz CT molecular complexity index is 448. The summed E-state index contributed by atoms with van der Waals surface area (Å²) < 4.78 is 0. The number of anilines is 1. The summed E-state index contributed by atoms with van der Waals surface area (Å²) in [5.74, 6) is -1.36. The van der Waals surface area contributed by atoms with Crippen molar-refractivity contribution in [3.05, 3.63) is 10.6 Å². The molecule has 1 aliphatic carbocycles. The lowest BCUT2D eigenvalue weighted by atomic mass is 10.3. The van der Waals surface area contributed by atoms with E-state index >= 15 is 0 Å². The van der Waals surface area contributed by atoms with Crippen molar-refractivity contribution in [2.45, 2.75) is 39.2 Å². The topological polar surface area (TPSA) is 70.5 Å². The van der Waals surface area contributed by atoms with Crippen LogP contribution < -0.4 is 4.90 Å². The zero-order valence-corrected chi connectivity index (χ0v) is 11.3. The molecule has 0 bridgehead atoms. The fourth-order valence-corrected chi connectivity index (χ4v) is 2.93. The number of nitrogens with zero attached hydrogens (tertiary/aromatic N) is 2. The summed E-state index contributed by atoms with van der Waals surface area (Å²) in [6.45, 7) is 4.31. The van der Waals surface area contributed by atoms with Gasteiger partial charge in [-0.05, 0) is 19.3 Å². The summed E-state index contributed by atoms with van der Waals surface area (Å²) >= 11 is 1.20. The Morgan fingerprint density at radius 2 is 2.17 bits per heavy atom. The molecule has 98 valence electrons. The van der Waals surface area contributed by atoms with Gasteiger partial charge in [0, 0.05) is 19.5 Å². The van der Waals surface area contributed by atoms with Crippen LogP contribution in [0, 0.1) is 0 Å². The van der Waals surface area contributed by atoms with E-state index in [0.717, 1.165) is 25.8 Å². The van der Waals surface area contributed by atoms with Crippen molar-refractivity contribution >= 4 is 28.2 Å². The fraction of sp³-hybridized carbons (Fsp3) is 0.583. The first-order valence-electron chi connectivity index (χ1n) is 6.06. The van der Waals surface area contributed by atoms with Gasteiger partial charge in [-0.2, -0.15) is 0 Å². The van der Waals surface area contributed by atoms with Crippen LogP contribution in [0.4, 0.5) is 5.13 Å². The zero-order valence-electron chi connectivity index (χ0n) is 10.5. The number of ketones is 1. The predicted molar refractivity (Wildman–Crippen MR) is 69.7 cm³/mol. The Labute approximate surface area is 109 Å². The average molecular weight is 268 g/mol. The maximum Gasteiger partial charge on any atom is 0.356 e. The molecule has 1 aromatic heterocycles. The minimum Gasteiger partial charge on any atom is -0.476 e. The second-order valence-corrected chi connectivity index (χ2v) is 5.44. The molecule has 0 atom stereocenters. The first-order chi connectivity index (χ1) is 8.54. The maximum absolute atomic E-state index is 11.4. The number of carbonyl (C=O) groups is 2. The molecule has 0 aliphatic heterocycles. The largest absolute Gasteiger partial charge is 0.476 e. The highest BCUT2D eigenvalue weighted by molar-refractivity contribution is 7.17. The lowest BCUT2D eigenvalue weighted by molar-refractivity contribution is 0.0687. The normalized spacial score (nSPS) is 14.6. The molecular weight excluding hydrogens is 252 g/mol. The quantitative estimate of drug-likeness (QED) is 0.802. The Balaban J connectivity index is 2.35. The second kappa shape index (κ2) is 5.06. The van der Waals surface area contributed by atoms with Crippen molar-refractivity contribution in [3.63, 3.8) is 0 Å². The van der Waals surface area contributed by atoms with Gasteiger partial charge in [-0.1, -0.05) is 18.3 Å². The third-order valence-corrected chi connectivity index (χ3v) is 4.03. The summed E-state index contributed by atoms with van der Waals surface area (Å²) in [7, 11) is 0. The van der Waals surface area contributed by atoms with Gasteiger partial charge in [0.1, 0.15) is 4.88 Å². The number of rotatable bonds is 6. The number of Topliss-reactive ketones (excluding diaryl/α,β-unsaturated/α-hetero) is 1. The van der Waals surface area contributed by atoms with E-state index in [4.69, 9.17) is 5.11 Å². The number of hydrogen-bond acceptors (Lipinski definition) is 5. The Morgan fingerprint density at radius 1 is 1.50 bits per heavy atom. The van der Waals surface area contributed by atoms with Crippen LogP contribution in [0.15, 0.2) is 0 Å². The molecule has 0 amide bonds. The standard InChI is InChI=1S/C12H16N2O3S/c1-3-6-14(8-4-5-8)12-13-9(11(16)17)10(18-12)7(2)15/h8H,3-6H2,1-2H3,(H,16,17). The zero-order chi connectivity index (χ0) is 13.3. The van der Waals surface area contributed by atoms with Crippen molar-refractivity contribution in [1.29, 1.82) is 0 Å². The molecule has 1 aromatic rings. The van der Waals surface area contributed by atoms with Gasteiger partial charge in [-0.3, -0.25) is 4.79 Å². The van der Waals surface area contributed by atoms with Gasteiger partial charge in [0.05, 0.1) is 0 Å². The second-order valence-electron chi connectivity index (χ2n) is 4.46. The minimum atomic E-state index is -1.13. The van der Waals surface area contributed by atoms with Crippen molar-refractivity contribution in [2.75, 3.05) is 11.4 Å². The molecule has 1 heterocycles. The van der Waals surface area contributed by atoms with Crippen LogP contribution in [0.25, 0.3) is 0 Å². The van der Waals surface area contributed by atoms with Gasteiger partial charge >= 0.3 is 5.97 Å². The number of carboxylic acids is 1. The molecule has 0 radical (unpaired) electrons. The maximum atomic E-state index is 11.4. The average Bonchev–Trinajstić information content (AvgIpc) is 3.03. The number of hydrogen-bond donors (Lipinski definition) is 1. The van der Waals surface area contributed by atoms with Gasteiger partial charge in [0.2, 0.25) is 0 Å². The number of carbonyl (C=O) groups excluding carboxylic acids is 1. The van der Waals surface area contributed by atoms with Crippen molar-refractivity contribution in [2.24, 2.45) is 0 Å². The molecule has 18 heavy (non-hydrogen) atoms. The van der Waals surface area contributed by atoms with E-state index in [9.17, 15) is 9.59 Å². The van der Waals surface area contributed by atoms with E-state index < -0.39 is 5.97 Å². The Kier molecular flexibility index (Phi) is 3.65. The number of thiazole rings is 1. The number of aromatic carboxylic acids is 1. The lowest BCUT2D eigenvalue weighted by Gasteiger charge is -2.20. The van der Waals surface area contributed by atoms with Crippen LogP contribution in [0.5, 0.6) is 0 Å². The molecular formula is C12H16N2O3S. The summed E-state index contributed by atoms with van der Waals surface area (Å²) in [4.78, 5) is 29.0. The third-order valence-electron chi connectivity index (χ3n) is 2.84. The van der Waals surface area contributed by atoms with E-state index in [1.54, 1.807) is 0 Å². The summed E-state index contributed by atoms with van der Waals surface area (Å²) in [6, 6.07) is 0.470. The molecule has 6 heteroatoms. The highest BCUT2D eigenvalue weighted by Gasteiger charge is 2.32. The summed E-state index contributed by atoms with van der Waals surface area (Å²) in [5.41, 5.74) is -0.107. The van der Waals surface area contributed by atoms with Crippen LogP contribution in [-0.2, 0) is 0 Å². The molecule has 0 aromatic carbocycles. The third kappa shape index (κ3) is 2.53. The molecule has 1 aliphatic rings. The van der Waals surface area contributed by atoms with E-state index in [0.29, 0.717) is 11.2 Å². The van der Waals surface area contributed by atoms with Gasteiger partial charge in [0.25, 0.3) is 0 Å². The predicted octanol–water partition coefficient (Wildman–Crippen LogP) is 2.42. The van der Waals surface area contributed by atoms with E-state index in [2.05, 4.69) is 16.8 Å². The van der Waals surface area contributed by atoms with Gasteiger partial charge < -0.3 is 10.0 Å². The van der Waals surface area contributed by atoms with Crippen LogP contribution in [0.2, 0.25) is 0 Å². The minimum absolute atomic E-state index is 0.107. The smallest absolute Gasteiger partial charge is 0.356 e. The van der Waals surface area contributed by atoms with E-state index in [1.807, 2.05) is 0 Å². The number of aromatic nitrogens is 1. The van der Waals surface area contributed by atoms with Crippen molar-refractivity contribution in [1.82, 2.24) is 4.98 Å². The van der Waals surface area contributed by atoms with Gasteiger partial charge in [0.15, 0.2) is 16.6 Å². The first kappa shape index (κ1) is 13.0. The molecule has 0 unspecified atom stereocenters. The summed E-state index contributed by atoms with van der Waals surface area (Å²) in [6.07, 6.45) is 3.22. The van der Waals surface area contributed by atoms with Gasteiger partial charge in [-0.15, -0.1) is 0 Å². The molecule has 1 saturated carbocycles. The molecule has 0 spiro atoms. The Hall–Kier alpha value is -1.43. The van der Waals surface area contributed by atoms with Crippen molar-refractivity contribution in [3.8, 4) is 0 Å². The van der Waals surface area contributed by atoms with Crippen LogP contribution >= 0.6 is 11.3 Å². The molecule has 5 nitrogen and oxygen atoms in total. The molecule has 2 rings (SSSR count). The molecule has 1 N–H and O–H groups in total. The summed E-state index contributed by atoms with van der Waals surface area (Å²) in [5, 5.41) is 9.74. The Morgan fingerprint density at radius 3 is 2.56 bits per heavy atom. The fourth-order valence-electron chi connectivity index (χ4n) is 1.88. The van der Waals surface area contributed by atoms with Crippen LogP contribution in [-0.4, -0.2) is 34.4 Å². The monoisotopic (exact) mass is 268 g/mol. The highest BCUT2D eigenvalue weighted by Crippen LogP contribution is 2.35. The van der Waals surface area contributed by atoms with Gasteiger partial charge in [-0.25, -0.2) is 9.78 Å². The number of carboxylic acid groups (broad SMARTS) is 1. The first-order valence-corrected chi connectivity index (χ1v) is 6.88. The SMILES string of the molecule is CCCN(c1nc(C(=O)O)c(C(C)=O)s1)C1CC1. The lowest BCUT2D eigenvalue weighted by Crippen LogP contribution is -2.26. The molecule has 0 saturated heterocycles. The van der Waals surface area contributed by atoms with E-state index in [-0.39, 0.29) is 16.4 Å². The molecule has 1 fully saturated rings.